The number of carboxylic acid groups (broad SMARTS) is 1. The summed E-state index contributed by atoms with van der Waals surface area (Å²) in [5.74, 6) is -1.02. The number of ether oxygens (including phenoxy) is 1. The van der Waals surface area contributed by atoms with Gasteiger partial charge in [-0.05, 0) is 44.0 Å². The van der Waals surface area contributed by atoms with E-state index >= 15 is 0 Å². The van der Waals surface area contributed by atoms with Crippen molar-refractivity contribution in [2.75, 3.05) is 13.7 Å². The van der Waals surface area contributed by atoms with Crippen LogP contribution in [0.25, 0.3) is 10.9 Å². The molecule has 2 atom stereocenters. The number of benzene rings is 1. The Morgan fingerprint density at radius 3 is 2.77 bits per heavy atom. The number of hydrogen-bond donors (Lipinski definition) is 2. The molecule has 2 aromatic rings. The molecule has 8 nitrogen and oxygen atoms in total. The molecule has 1 fully saturated rings. The van der Waals surface area contributed by atoms with Crippen molar-refractivity contribution in [2.24, 2.45) is 0 Å². The number of imide groups is 1. The smallest absolute Gasteiger partial charge is 0.328 e. The van der Waals surface area contributed by atoms with Gasteiger partial charge in [0.15, 0.2) is 5.54 Å². The monoisotopic (exact) mass is 357 g/mol. The van der Waals surface area contributed by atoms with Gasteiger partial charge in [0.1, 0.15) is 11.8 Å². The molecule has 2 aliphatic heterocycles. The molecule has 136 valence electrons. The molecule has 0 aliphatic carbocycles. The highest BCUT2D eigenvalue weighted by Crippen LogP contribution is 2.44. The maximum atomic E-state index is 13.1. The van der Waals surface area contributed by atoms with E-state index in [2.05, 4.69) is 4.98 Å². The second-order valence-corrected chi connectivity index (χ2v) is 6.84. The number of fused-ring (bicyclic) bond motifs is 5. The summed E-state index contributed by atoms with van der Waals surface area (Å²) in [6.07, 6.45) is 0.576. The maximum Gasteiger partial charge on any atom is 0.328 e. The summed E-state index contributed by atoms with van der Waals surface area (Å²) in [5.41, 5.74) is 1.22. The highest BCUT2D eigenvalue weighted by atomic mass is 16.5. The lowest BCUT2D eigenvalue weighted by Crippen LogP contribution is -2.49. The summed E-state index contributed by atoms with van der Waals surface area (Å²) in [6.45, 7) is 3.37. The predicted molar refractivity (Wildman–Crippen MR) is 92.0 cm³/mol. The Bertz CT molecular complexity index is 965. The van der Waals surface area contributed by atoms with E-state index in [1.54, 1.807) is 14.0 Å². The second-order valence-electron chi connectivity index (χ2n) is 6.84. The van der Waals surface area contributed by atoms with Crippen molar-refractivity contribution in [3.8, 4) is 5.75 Å². The highest BCUT2D eigenvalue weighted by Gasteiger charge is 2.60. The van der Waals surface area contributed by atoms with E-state index in [1.165, 1.54) is 11.8 Å². The SMILES string of the molecule is COc1ccc2[nH]c3c(c2c1)CCN1C(=O)N([C@@H](C)C(=O)O)C(=O)[C@]31C. The fraction of sp³-hybridized carbons (Fsp3) is 0.389. The Kier molecular flexibility index (Phi) is 3.31. The third-order valence-corrected chi connectivity index (χ3v) is 5.54. The topological polar surface area (TPSA) is 103 Å². The van der Waals surface area contributed by atoms with Gasteiger partial charge in [0.25, 0.3) is 5.91 Å². The van der Waals surface area contributed by atoms with Crippen molar-refractivity contribution in [1.82, 2.24) is 14.8 Å². The van der Waals surface area contributed by atoms with Gasteiger partial charge in [-0.15, -0.1) is 0 Å². The zero-order valence-corrected chi connectivity index (χ0v) is 14.7. The van der Waals surface area contributed by atoms with Gasteiger partial charge in [0, 0.05) is 17.4 Å². The van der Waals surface area contributed by atoms with Gasteiger partial charge in [0.05, 0.1) is 12.8 Å². The fourth-order valence-corrected chi connectivity index (χ4v) is 4.02. The number of H-pyrrole nitrogens is 1. The van der Waals surface area contributed by atoms with Crippen molar-refractivity contribution >= 4 is 28.8 Å². The number of aromatic nitrogens is 1. The molecule has 2 aliphatic rings. The van der Waals surface area contributed by atoms with Crippen LogP contribution in [0.3, 0.4) is 0 Å². The molecule has 3 heterocycles. The minimum Gasteiger partial charge on any atom is -0.497 e. The van der Waals surface area contributed by atoms with Crippen LogP contribution in [0.4, 0.5) is 4.79 Å². The third-order valence-electron chi connectivity index (χ3n) is 5.54. The molecular weight excluding hydrogens is 338 g/mol. The Balaban J connectivity index is 1.89. The predicted octanol–water partition coefficient (Wildman–Crippen LogP) is 1.69. The van der Waals surface area contributed by atoms with Crippen molar-refractivity contribution in [3.05, 3.63) is 29.5 Å². The quantitative estimate of drug-likeness (QED) is 0.814. The number of nitrogens with one attached hydrogen (secondary N) is 1. The molecule has 26 heavy (non-hydrogen) atoms. The summed E-state index contributed by atoms with van der Waals surface area (Å²) in [6, 6.07) is 3.83. The van der Waals surface area contributed by atoms with Gasteiger partial charge >= 0.3 is 12.0 Å². The molecule has 0 bridgehead atoms. The Labute approximate surface area is 149 Å². The first kappa shape index (κ1) is 16.4. The maximum absolute atomic E-state index is 13.1. The zero-order chi connectivity index (χ0) is 18.8. The molecule has 1 saturated heterocycles. The van der Waals surface area contributed by atoms with E-state index in [1.807, 2.05) is 18.2 Å². The summed E-state index contributed by atoms with van der Waals surface area (Å²) in [7, 11) is 1.59. The van der Waals surface area contributed by atoms with Crippen molar-refractivity contribution in [2.45, 2.75) is 31.8 Å². The molecular formula is C18H19N3O5. The summed E-state index contributed by atoms with van der Waals surface area (Å²) >= 11 is 0. The first-order chi connectivity index (χ1) is 12.3. The minimum atomic E-state index is -1.24. The fourth-order valence-electron chi connectivity index (χ4n) is 4.02. The first-order valence-electron chi connectivity index (χ1n) is 8.37. The Morgan fingerprint density at radius 2 is 2.12 bits per heavy atom. The van der Waals surface area contributed by atoms with E-state index in [9.17, 15) is 19.5 Å². The van der Waals surface area contributed by atoms with Crippen molar-refractivity contribution in [3.63, 3.8) is 0 Å². The average molecular weight is 357 g/mol. The van der Waals surface area contributed by atoms with Gasteiger partial charge in [-0.25, -0.2) is 14.5 Å². The van der Waals surface area contributed by atoms with Crippen LogP contribution in [0.2, 0.25) is 0 Å². The third kappa shape index (κ3) is 1.86. The molecule has 0 unspecified atom stereocenters. The molecule has 2 N–H and O–H groups in total. The van der Waals surface area contributed by atoms with Gasteiger partial charge in [-0.3, -0.25) is 4.79 Å². The van der Waals surface area contributed by atoms with E-state index in [4.69, 9.17) is 4.74 Å². The van der Waals surface area contributed by atoms with Crippen LogP contribution in [-0.4, -0.2) is 57.5 Å². The number of hydrogen-bond acceptors (Lipinski definition) is 4. The lowest BCUT2D eigenvalue weighted by Gasteiger charge is -2.36. The number of carbonyl (C=O) groups is 3. The van der Waals surface area contributed by atoms with Crippen LogP contribution in [0.5, 0.6) is 5.75 Å². The van der Waals surface area contributed by atoms with Crippen LogP contribution in [-0.2, 0) is 21.5 Å². The largest absolute Gasteiger partial charge is 0.497 e. The standard InChI is InChI=1S/C18H19N3O5/c1-9(15(22)23)21-16(24)18(2)14-11(6-7-20(18)17(21)25)12-8-10(26-3)4-5-13(12)19-14/h4-5,8-9,19H,6-7H2,1-3H3,(H,22,23)/t9-,18-/m0/s1. The number of aromatic amines is 1. The molecule has 0 spiro atoms. The minimum absolute atomic E-state index is 0.348. The van der Waals surface area contributed by atoms with Gasteiger partial charge in [-0.1, -0.05) is 0 Å². The molecule has 0 saturated carbocycles. The van der Waals surface area contributed by atoms with Gasteiger partial charge < -0.3 is 19.7 Å². The number of rotatable bonds is 3. The van der Waals surface area contributed by atoms with Crippen molar-refractivity contribution in [1.29, 1.82) is 0 Å². The van der Waals surface area contributed by atoms with Crippen LogP contribution < -0.4 is 4.74 Å². The first-order valence-corrected chi connectivity index (χ1v) is 8.37. The van der Waals surface area contributed by atoms with E-state index in [0.717, 1.165) is 21.4 Å². The number of urea groups is 1. The zero-order valence-electron chi connectivity index (χ0n) is 14.7. The number of carbonyl (C=O) groups excluding carboxylic acids is 2. The average Bonchev–Trinajstić information content (AvgIpc) is 3.08. The highest BCUT2D eigenvalue weighted by molar-refractivity contribution is 6.10. The van der Waals surface area contributed by atoms with E-state index in [-0.39, 0.29) is 0 Å². The number of methoxy groups -OCH3 is 1. The van der Waals surface area contributed by atoms with Crippen LogP contribution >= 0.6 is 0 Å². The summed E-state index contributed by atoms with van der Waals surface area (Å²) in [5, 5.41) is 10.2. The van der Waals surface area contributed by atoms with Gasteiger partial charge in [-0.2, -0.15) is 0 Å². The van der Waals surface area contributed by atoms with Crippen LogP contribution in [0.1, 0.15) is 25.1 Å². The number of aliphatic carboxylic acids is 1. The molecule has 3 amide bonds. The Hall–Kier alpha value is -3.03. The van der Waals surface area contributed by atoms with E-state index in [0.29, 0.717) is 24.4 Å². The molecule has 1 aromatic heterocycles. The molecule has 1 aromatic carbocycles. The van der Waals surface area contributed by atoms with Crippen LogP contribution in [0.15, 0.2) is 18.2 Å². The lowest BCUT2D eigenvalue weighted by atomic mass is 9.87. The molecule has 0 radical (unpaired) electrons. The number of amides is 3. The summed E-state index contributed by atoms with van der Waals surface area (Å²) in [4.78, 5) is 42.8. The Morgan fingerprint density at radius 1 is 1.38 bits per heavy atom. The molecule has 4 rings (SSSR count). The summed E-state index contributed by atoms with van der Waals surface area (Å²) < 4.78 is 5.29. The normalized spacial score (nSPS) is 23.2. The number of nitrogens with zero attached hydrogens (tertiary/aromatic N) is 2. The number of carboxylic acids is 1. The van der Waals surface area contributed by atoms with E-state index < -0.39 is 29.5 Å². The molecule has 8 heteroatoms. The van der Waals surface area contributed by atoms with Gasteiger partial charge in [0.2, 0.25) is 0 Å². The van der Waals surface area contributed by atoms with Crippen LogP contribution in [0, 0.1) is 0 Å². The second kappa shape index (κ2) is 5.23. The van der Waals surface area contributed by atoms with Crippen molar-refractivity contribution < 1.29 is 24.2 Å². The lowest BCUT2D eigenvalue weighted by molar-refractivity contribution is -0.147.